The van der Waals surface area contributed by atoms with Crippen LogP contribution in [-0.4, -0.2) is 28.6 Å². The molecule has 2 N–H and O–H groups in total. The lowest BCUT2D eigenvalue weighted by atomic mass is 9.76. The quantitative estimate of drug-likeness (QED) is 0.876. The van der Waals surface area contributed by atoms with Crippen molar-refractivity contribution in [3.8, 4) is 5.75 Å². The van der Waals surface area contributed by atoms with Gasteiger partial charge in [-0.25, -0.2) is 4.79 Å². The average Bonchev–Trinajstić information content (AvgIpc) is 2.36. The van der Waals surface area contributed by atoms with Crippen LogP contribution in [0.2, 0.25) is 5.02 Å². The molecule has 0 aromatic heterocycles. The zero-order valence-electron chi connectivity index (χ0n) is 12.0. The highest BCUT2D eigenvalue weighted by atomic mass is 35.5. The summed E-state index contributed by atoms with van der Waals surface area (Å²) in [5, 5.41) is 12.4. The Hall–Kier alpha value is -1.75. The number of ether oxygens (including phenoxy) is 1. The Morgan fingerprint density at radius 3 is 2.57 bits per heavy atom. The molecule has 1 amide bonds. The smallest absolute Gasteiger partial charge is 0.329 e. The molecular weight excluding hydrogens is 294 g/mol. The summed E-state index contributed by atoms with van der Waals surface area (Å²) in [5.41, 5.74) is -0.303. The molecule has 0 bridgehead atoms. The molecule has 1 aliphatic carbocycles. The van der Waals surface area contributed by atoms with Gasteiger partial charge in [-0.2, -0.15) is 0 Å². The Morgan fingerprint density at radius 1 is 1.43 bits per heavy atom. The van der Waals surface area contributed by atoms with Crippen LogP contribution >= 0.6 is 11.6 Å². The van der Waals surface area contributed by atoms with Crippen molar-refractivity contribution in [3.63, 3.8) is 0 Å². The molecule has 1 aromatic carbocycles. The van der Waals surface area contributed by atoms with Gasteiger partial charge in [0.15, 0.2) is 6.10 Å². The summed E-state index contributed by atoms with van der Waals surface area (Å²) < 4.78 is 5.59. The monoisotopic (exact) mass is 311 g/mol. The first-order valence-electron chi connectivity index (χ1n) is 6.82. The van der Waals surface area contributed by atoms with Crippen molar-refractivity contribution in [2.75, 3.05) is 0 Å². The lowest BCUT2D eigenvalue weighted by Gasteiger charge is -2.38. The summed E-state index contributed by atoms with van der Waals surface area (Å²) in [6.45, 7) is 3.42. The van der Waals surface area contributed by atoms with Crippen molar-refractivity contribution in [2.24, 2.45) is 0 Å². The van der Waals surface area contributed by atoms with Gasteiger partial charge in [0.05, 0.1) is 0 Å². The van der Waals surface area contributed by atoms with Crippen molar-refractivity contribution in [2.45, 2.75) is 44.8 Å². The summed E-state index contributed by atoms with van der Waals surface area (Å²) in [7, 11) is 0. The number of nitrogens with one attached hydrogen (secondary N) is 1. The van der Waals surface area contributed by atoms with Crippen molar-refractivity contribution < 1.29 is 19.4 Å². The molecule has 6 heteroatoms. The Morgan fingerprint density at radius 2 is 2.10 bits per heavy atom. The molecular formula is C15H18ClNO4. The minimum absolute atomic E-state index is 0.425. The third-order valence-electron chi connectivity index (χ3n) is 3.79. The number of carboxylic acids is 1. The van der Waals surface area contributed by atoms with Gasteiger partial charge in [0.25, 0.3) is 5.91 Å². The van der Waals surface area contributed by atoms with Gasteiger partial charge in [0.2, 0.25) is 0 Å². The Bertz CT molecular complexity index is 569. The molecule has 5 nitrogen and oxygen atoms in total. The molecule has 0 aliphatic heterocycles. The predicted molar refractivity (Wildman–Crippen MR) is 78.6 cm³/mol. The fraction of sp³-hybridized carbons (Fsp3) is 0.467. The molecule has 0 saturated heterocycles. The van der Waals surface area contributed by atoms with E-state index in [1.807, 2.05) is 6.92 Å². The van der Waals surface area contributed by atoms with Gasteiger partial charge in [-0.05, 0) is 56.9 Å². The van der Waals surface area contributed by atoms with E-state index in [9.17, 15) is 14.7 Å². The Kier molecular flexibility index (Phi) is 4.42. The topological polar surface area (TPSA) is 75.6 Å². The van der Waals surface area contributed by atoms with Crippen LogP contribution in [0.1, 0.15) is 31.7 Å². The van der Waals surface area contributed by atoms with Gasteiger partial charge < -0.3 is 15.2 Å². The van der Waals surface area contributed by atoms with E-state index in [2.05, 4.69) is 5.32 Å². The molecule has 1 unspecified atom stereocenters. The Labute approximate surface area is 128 Å². The van der Waals surface area contributed by atoms with E-state index in [0.717, 1.165) is 12.0 Å². The lowest BCUT2D eigenvalue weighted by molar-refractivity contribution is -0.152. The molecule has 1 saturated carbocycles. The van der Waals surface area contributed by atoms with Crippen LogP contribution in [-0.2, 0) is 9.59 Å². The van der Waals surface area contributed by atoms with E-state index in [0.29, 0.717) is 23.6 Å². The first-order valence-corrected chi connectivity index (χ1v) is 7.20. The van der Waals surface area contributed by atoms with Gasteiger partial charge in [-0.15, -0.1) is 0 Å². The van der Waals surface area contributed by atoms with E-state index in [1.165, 1.54) is 0 Å². The molecule has 21 heavy (non-hydrogen) atoms. The van der Waals surface area contributed by atoms with Crippen LogP contribution in [0, 0.1) is 6.92 Å². The van der Waals surface area contributed by atoms with Crippen LogP contribution < -0.4 is 10.1 Å². The molecule has 0 radical (unpaired) electrons. The second-order valence-corrected chi connectivity index (χ2v) is 5.84. The number of benzene rings is 1. The van der Waals surface area contributed by atoms with E-state index in [-0.39, 0.29) is 0 Å². The van der Waals surface area contributed by atoms with Gasteiger partial charge in [-0.1, -0.05) is 11.6 Å². The Balaban J connectivity index is 2.01. The number of carboxylic acid groups (broad SMARTS) is 1. The van der Waals surface area contributed by atoms with Crippen molar-refractivity contribution in [1.82, 2.24) is 5.32 Å². The fourth-order valence-corrected chi connectivity index (χ4v) is 2.48. The number of rotatable bonds is 5. The molecule has 1 fully saturated rings. The molecule has 0 spiro atoms. The largest absolute Gasteiger partial charge is 0.481 e. The van der Waals surface area contributed by atoms with E-state index < -0.39 is 23.5 Å². The van der Waals surface area contributed by atoms with Gasteiger partial charge >= 0.3 is 5.97 Å². The second-order valence-electron chi connectivity index (χ2n) is 5.40. The van der Waals surface area contributed by atoms with E-state index >= 15 is 0 Å². The third kappa shape index (κ3) is 3.29. The summed E-state index contributed by atoms with van der Waals surface area (Å²) in [6.07, 6.45) is 0.946. The fourth-order valence-electron chi connectivity index (χ4n) is 2.25. The number of amides is 1. The standard InChI is InChI=1S/C15H18ClNO4/c1-9-8-11(16)4-5-12(9)21-10(2)13(18)17-15(14(19)20)6-3-7-15/h4-5,8,10H,3,6-7H2,1-2H3,(H,17,18)(H,19,20). The van der Waals surface area contributed by atoms with Crippen LogP contribution in [0.3, 0.4) is 0 Å². The number of halogens is 1. The number of hydrogen-bond acceptors (Lipinski definition) is 3. The number of aryl methyl sites for hydroxylation is 1. The summed E-state index contributed by atoms with van der Waals surface area (Å²) in [5.74, 6) is -0.858. The van der Waals surface area contributed by atoms with Crippen LogP contribution in [0.5, 0.6) is 5.75 Å². The average molecular weight is 312 g/mol. The third-order valence-corrected chi connectivity index (χ3v) is 4.02. The van der Waals surface area contributed by atoms with E-state index in [1.54, 1.807) is 25.1 Å². The highest BCUT2D eigenvalue weighted by Gasteiger charge is 2.46. The van der Waals surface area contributed by atoms with Crippen LogP contribution in [0.4, 0.5) is 0 Å². The summed E-state index contributed by atoms with van der Waals surface area (Å²) in [6, 6.07) is 5.11. The van der Waals surface area contributed by atoms with Crippen molar-refractivity contribution >= 4 is 23.5 Å². The minimum atomic E-state index is -1.12. The first kappa shape index (κ1) is 15.6. The van der Waals surface area contributed by atoms with Crippen molar-refractivity contribution in [1.29, 1.82) is 0 Å². The van der Waals surface area contributed by atoms with Crippen LogP contribution in [0.25, 0.3) is 0 Å². The second kappa shape index (κ2) is 5.93. The van der Waals surface area contributed by atoms with Crippen molar-refractivity contribution in [3.05, 3.63) is 28.8 Å². The van der Waals surface area contributed by atoms with Gasteiger partial charge in [0.1, 0.15) is 11.3 Å². The molecule has 1 aliphatic rings. The normalized spacial score (nSPS) is 17.5. The highest BCUT2D eigenvalue weighted by molar-refractivity contribution is 6.30. The summed E-state index contributed by atoms with van der Waals surface area (Å²) in [4.78, 5) is 23.4. The number of hydrogen-bond donors (Lipinski definition) is 2. The first-order chi connectivity index (χ1) is 9.84. The number of carbonyl (C=O) groups is 2. The lowest BCUT2D eigenvalue weighted by Crippen LogP contribution is -2.61. The minimum Gasteiger partial charge on any atom is -0.481 e. The summed E-state index contributed by atoms with van der Waals surface area (Å²) >= 11 is 5.86. The molecule has 0 heterocycles. The molecule has 2 rings (SSSR count). The zero-order valence-corrected chi connectivity index (χ0v) is 12.7. The van der Waals surface area contributed by atoms with Gasteiger partial charge in [0, 0.05) is 5.02 Å². The zero-order chi connectivity index (χ0) is 15.6. The number of carbonyl (C=O) groups excluding carboxylic acids is 1. The number of aliphatic carboxylic acids is 1. The SMILES string of the molecule is Cc1cc(Cl)ccc1OC(C)C(=O)NC1(C(=O)O)CCC1. The highest BCUT2D eigenvalue weighted by Crippen LogP contribution is 2.32. The van der Waals surface area contributed by atoms with Gasteiger partial charge in [-0.3, -0.25) is 4.79 Å². The molecule has 1 atom stereocenters. The maximum Gasteiger partial charge on any atom is 0.329 e. The maximum absolute atomic E-state index is 12.1. The van der Waals surface area contributed by atoms with Crippen LogP contribution in [0.15, 0.2) is 18.2 Å². The molecule has 114 valence electrons. The maximum atomic E-state index is 12.1. The van der Waals surface area contributed by atoms with E-state index in [4.69, 9.17) is 16.3 Å². The molecule has 1 aromatic rings. The predicted octanol–water partition coefficient (Wildman–Crippen LogP) is 2.54.